The lowest BCUT2D eigenvalue weighted by Crippen LogP contribution is -2.37. The lowest BCUT2D eigenvalue weighted by atomic mass is 10.2. The lowest BCUT2D eigenvalue weighted by Gasteiger charge is -2.33. The maximum absolute atomic E-state index is 10.0. The van der Waals surface area contributed by atoms with E-state index in [0.29, 0.717) is 0 Å². The number of phenols is 1. The van der Waals surface area contributed by atoms with E-state index in [9.17, 15) is 5.11 Å². The van der Waals surface area contributed by atoms with Crippen molar-refractivity contribution in [2.75, 3.05) is 24.1 Å². The van der Waals surface area contributed by atoms with Crippen LogP contribution >= 0.6 is 0 Å². The normalized spacial score (nSPS) is 10.3. The molecule has 0 aliphatic carbocycles. The van der Waals surface area contributed by atoms with Crippen LogP contribution in [-0.2, 0) is 0 Å². The molecule has 0 amide bonds. The van der Waals surface area contributed by atoms with Gasteiger partial charge in [-0.05, 0) is 43.2 Å². The van der Waals surface area contributed by atoms with E-state index in [-0.39, 0.29) is 5.75 Å². The third-order valence-electron chi connectivity index (χ3n) is 3.39. The van der Waals surface area contributed by atoms with Crippen LogP contribution in [0.4, 0.5) is 11.4 Å². The van der Waals surface area contributed by atoms with Crippen molar-refractivity contribution in [3.05, 3.63) is 53.6 Å². The number of aromatic hydroxyl groups is 1. The zero-order valence-electron chi connectivity index (χ0n) is 11.9. The number of aryl methyl sites for hydroxylation is 2. The first-order chi connectivity index (χ1) is 9.00. The Balaban J connectivity index is 2.36. The van der Waals surface area contributed by atoms with Crippen LogP contribution in [0.25, 0.3) is 0 Å². The summed E-state index contributed by atoms with van der Waals surface area (Å²) in [5.74, 6) is 0.286. The van der Waals surface area contributed by atoms with Gasteiger partial charge >= 0.3 is 0 Å². The van der Waals surface area contributed by atoms with E-state index in [1.807, 2.05) is 55.3 Å². The molecule has 0 saturated heterocycles. The molecule has 0 fully saturated rings. The first kappa shape index (κ1) is 13.3. The first-order valence-electron chi connectivity index (χ1n) is 6.33. The van der Waals surface area contributed by atoms with Crippen LogP contribution in [0.1, 0.15) is 11.1 Å². The third-order valence-corrected chi connectivity index (χ3v) is 3.39. The largest absolute Gasteiger partial charge is 0.506 e. The van der Waals surface area contributed by atoms with Crippen LogP contribution in [0, 0.1) is 13.8 Å². The van der Waals surface area contributed by atoms with Gasteiger partial charge in [0.25, 0.3) is 0 Å². The molecule has 2 aromatic carbocycles. The third kappa shape index (κ3) is 2.65. The van der Waals surface area contributed by atoms with Crippen molar-refractivity contribution in [1.29, 1.82) is 0 Å². The topological polar surface area (TPSA) is 26.7 Å². The van der Waals surface area contributed by atoms with E-state index in [0.717, 1.165) is 16.9 Å². The highest BCUT2D eigenvalue weighted by Crippen LogP contribution is 2.30. The molecule has 0 radical (unpaired) electrons. The summed E-state index contributed by atoms with van der Waals surface area (Å²) >= 11 is 0. The smallest absolute Gasteiger partial charge is 0.140 e. The van der Waals surface area contributed by atoms with Gasteiger partial charge in [-0.25, -0.2) is 0 Å². The van der Waals surface area contributed by atoms with Crippen molar-refractivity contribution in [3.63, 3.8) is 0 Å². The number of para-hydroxylation sites is 1. The van der Waals surface area contributed by atoms with E-state index in [2.05, 4.69) is 19.1 Å². The molecule has 0 spiro atoms. The van der Waals surface area contributed by atoms with E-state index < -0.39 is 0 Å². The van der Waals surface area contributed by atoms with Crippen LogP contribution in [0.15, 0.2) is 42.5 Å². The Hall–Kier alpha value is -2.16. The molecule has 3 nitrogen and oxygen atoms in total. The fraction of sp³-hybridized carbons (Fsp3) is 0.250. The molecule has 0 atom stereocenters. The summed E-state index contributed by atoms with van der Waals surface area (Å²) in [6.07, 6.45) is 0. The second kappa shape index (κ2) is 5.22. The van der Waals surface area contributed by atoms with Gasteiger partial charge in [-0.15, -0.1) is 0 Å². The number of rotatable bonds is 3. The Kier molecular flexibility index (Phi) is 3.65. The Bertz CT molecular complexity index is 581. The van der Waals surface area contributed by atoms with E-state index >= 15 is 0 Å². The summed E-state index contributed by atoms with van der Waals surface area (Å²) in [5, 5.41) is 14.0. The van der Waals surface area contributed by atoms with Crippen LogP contribution in [0.2, 0.25) is 0 Å². The van der Waals surface area contributed by atoms with Crippen LogP contribution in [-0.4, -0.2) is 19.2 Å². The van der Waals surface area contributed by atoms with E-state index in [1.54, 1.807) is 6.07 Å². The molecule has 2 aromatic rings. The maximum atomic E-state index is 10.0. The molecule has 100 valence electrons. The monoisotopic (exact) mass is 256 g/mol. The van der Waals surface area contributed by atoms with Crippen LogP contribution < -0.4 is 10.0 Å². The molecule has 0 aliphatic rings. The van der Waals surface area contributed by atoms with Crippen molar-refractivity contribution >= 4 is 11.4 Å². The van der Waals surface area contributed by atoms with E-state index in [1.165, 1.54) is 5.56 Å². The second-order valence-electron chi connectivity index (χ2n) is 4.83. The van der Waals surface area contributed by atoms with Gasteiger partial charge in [0.15, 0.2) is 0 Å². The van der Waals surface area contributed by atoms with Crippen molar-refractivity contribution in [2.24, 2.45) is 0 Å². The van der Waals surface area contributed by atoms with Gasteiger partial charge in [-0.1, -0.05) is 24.3 Å². The molecule has 0 aliphatic heterocycles. The molecular weight excluding hydrogens is 236 g/mol. The fourth-order valence-electron chi connectivity index (χ4n) is 2.14. The number of hydrogen-bond acceptors (Lipinski definition) is 3. The maximum Gasteiger partial charge on any atom is 0.140 e. The molecule has 3 heteroatoms. The molecule has 19 heavy (non-hydrogen) atoms. The summed E-state index contributed by atoms with van der Waals surface area (Å²) in [5.41, 5.74) is 4.23. The molecule has 0 unspecified atom stereocenters. The van der Waals surface area contributed by atoms with Crippen LogP contribution in [0.5, 0.6) is 5.75 Å². The first-order valence-corrected chi connectivity index (χ1v) is 6.33. The number of hydrazine groups is 1. The molecule has 0 bridgehead atoms. The zero-order chi connectivity index (χ0) is 14.0. The Labute approximate surface area is 114 Å². The van der Waals surface area contributed by atoms with Gasteiger partial charge in [0.2, 0.25) is 0 Å². The minimum atomic E-state index is 0.286. The minimum Gasteiger partial charge on any atom is -0.506 e. The average Bonchev–Trinajstić information content (AvgIpc) is 2.40. The summed E-state index contributed by atoms with van der Waals surface area (Å²) in [6.45, 7) is 4.10. The highest BCUT2D eigenvalue weighted by Gasteiger charge is 2.13. The quantitative estimate of drug-likeness (QED) is 0.851. The number of anilines is 2. The van der Waals surface area contributed by atoms with Gasteiger partial charge in [0.05, 0.1) is 11.4 Å². The van der Waals surface area contributed by atoms with Crippen molar-refractivity contribution in [1.82, 2.24) is 0 Å². The molecular formula is C16H20N2O. The van der Waals surface area contributed by atoms with Crippen molar-refractivity contribution < 1.29 is 5.11 Å². The standard InChI is InChI=1S/C16H20N2O/c1-12-9-10-16(19)15(11-12)18(4)17(3)14-8-6-5-7-13(14)2/h5-11,19H,1-4H3. The Morgan fingerprint density at radius 1 is 0.842 bits per heavy atom. The summed E-state index contributed by atoms with van der Waals surface area (Å²) < 4.78 is 0. The van der Waals surface area contributed by atoms with Gasteiger partial charge in [-0.2, -0.15) is 0 Å². The van der Waals surface area contributed by atoms with Gasteiger partial charge < -0.3 is 5.11 Å². The predicted octanol–water partition coefficient (Wildman–Crippen LogP) is 3.50. The lowest BCUT2D eigenvalue weighted by molar-refractivity contribution is 0.474. The van der Waals surface area contributed by atoms with Crippen LogP contribution in [0.3, 0.4) is 0 Å². The van der Waals surface area contributed by atoms with Gasteiger partial charge in [-0.3, -0.25) is 10.0 Å². The summed E-state index contributed by atoms with van der Waals surface area (Å²) in [7, 11) is 3.94. The molecule has 0 saturated carbocycles. The Morgan fingerprint density at radius 2 is 1.47 bits per heavy atom. The van der Waals surface area contributed by atoms with E-state index in [4.69, 9.17) is 0 Å². The van der Waals surface area contributed by atoms with Gasteiger partial charge in [0, 0.05) is 14.1 Å². The zero-order valence-corrected chi connectivity index (χ0v) is 11.9. The second-order valence-corrected chi connectivity index (χ2v) is 4.83. The molecule has 1 N–H and O–H groups in total. The highest BCUT2D eigenvalue weighted by atomic mass is 16.3. The average molecular weight is 256 g/mol. The van der Waals surface area contributed by atoms with Crippen molar-refractivity contribution in [3.8, 4) is 5.75 Å². The summed E-state index contributed by atoms with van der Waals surface area (Å²) in [6, 6.07) is 13.8. The number of hydrogen-bond donors (Lipinski definition) is 1. The summed E-state index contributed by atoms with van der Waals surface area (Å²) in [4.78, 5) is 0. The molecule has 0 heterocycles. The van der Waals surface area contributed by atoms with Crippen molar-refractivity contribution in [2.45, 2.75) is 13.8 Å². The molecule has 0 aromatic heterocycles. The number of phenolic OH excluding ortho intramolecular Hbond substituents is 1. The fourth-order valence-corrected chi connectivity index (χ4v) is 2.14. The highest BCUT2D eigenvalue weighted by molar-refractivity contribution is 5.65. The number of nitrogens with zero attached hydrogens (tertiary/aromatic N) is 2. The van der Waals surface area contributed by atoms with Gasteiger partial charge in [0.1, 0.15) is 5.75 Å². The number of benzene rings is 2. The molecule has 2 rings (SSSR count). The predicted molar refractivity (Wildman–Crippen MR) is 80.8 cm³/mol. The Morgan fingerprint density at radius 3 is 2.16 bits per heavy atom. The SMILES string of the molecule is Cc1ccc(O)c(N(C)N(C)c2ccccc2C)c1. The minimum absolute atomic E-state index is 0.286.